The van der Waals surface area contributed by atoms with Gasteiger partial charge >= 0.3 is 16.1 Å². The monoisotopic (exact) mass is 343 g/mol. The Bertz CT molecular complexity index is 738. The summed E-state index contributed by atoms with van der Waals surface area (Å²) in [6, 6.07) is 4.62. The number of nitrogens with zero attached hydrogens (tertiary/aromatic N) is 1. The molecule has 2 rings (SSSR count). The number of cyclic esters (lactones) is 1. The van der Waals surface area contributed by atoms with Crippen molar-refractivity contribution in [2.45, 2.75) is 26.0 Å². The second kappa shape index (κ2) is 6.02. The smallest absolute Gasteiger partial charge is 0.338 e. The van der Waals surface area contributed by atoms with E-state index in [4.69, 9.17) is 4.74 Å². The standard InChI is InChI=1S/C14H17NO5S2/c1-14(2,8-21-3)15-12(22(17,18)19)9-5-4-6-10-11(9)7-20-13(10)16/h4-6H,7-8H2,1-3H3,(H,17,18,19). The fourth-order valence-corrected chi connectivity index (χ4v) is 3.87. The molecule has 8 heteroatoms. The molecule has 1 aliphatic rings. The molecule has 6 nitrogen and oxygen atoms in total. The summed E-state index contributed by atoms with van der Waals surface area (Å²) in [5.41, 5.74) is 0.261. The van der Waals surface area contributed by atoms with E-state index in [-0.39, 0.29) is 12.2 Å². The number of carbonyl (C=O) groups excluding carboxylic acids is 1. The van der Waals surface area contributed by atoms with Crippen molar-refractivity contribution in [3.05, 3.63) is 34.9 Å². The van der Waals surface area contributed by atoms with Gasteiger partial charge in [-0.15, -0.1) is 0 Å². The first kappa shape index (κ1) is 17.0. The lowest BCUT2D eigenvalue weighted by molar-refractivity contribution is 0.0535. The highest BCUT2D eigenvalue weighted by Gasteiger charge is 2.31. The SMILES string of the molecule is CSCC(C)(C)N=C(c1cccc2c1COC2=O)S(=O)(=O)O. The number of esters is 1. The van der Waals surface area contributed by atoms with Gasteiger partial charge in [0.1, 0.15) is 6.61 Å². The maximum atomic E-state index is 11.8. The topological polar surface area (TPSA) is 93.0 Å². The molecule has 1 aliphatic heterocycles. The maximum Gasteiger partial charge on any atom is 0.338 e. The molecule has 0 bridgehead atoms. The molecule has 0 fully saturated rings. The Morgan fingerprint density at radius 3 is 2.73 bits per heavy atom. The van der Waals surface area contributed by atoms with Gasteiger partial charge in [-0.1, -0.05) is 12.1 Å². The Hall–Kier alpha value is -1.38. The Balaban J connectivity index is 2.64. The summed E-state index contributed by atoms with van der Waals surface area (Å²) in [5.74, 6) is 0.0751. The first-order valence-corrected chi connectivity index (χ1v) is 9.35. The van der Waals surface area contributed by atoms with Gasteiger partial charge in [-0.05, 0) is 26.2 Å². The van der Waals surface area contributed by atoms with Crippen LogP contribution in [0.4, 0.5) is 0 Å². The predicted molar refractivity (Wildman–Crippen MR) is 86.1 cm³/mol. The number of fused-ring (bicyclic) bond motifs is 1. The van der Waals surface area contributed by atoms with Crippen LogP contribution >= 0.6 is 11.8 Å². The third-order valence-corrected chi connectivity index (χ3v) is 4.92. The summed E-state index contributed by atoms with van der Waals surface area (Å²) >= 11 is 1.52. The number of hydrogen-bond donors (Lipinski definition) is 1. The molecule has 0 spiro atoms. The van der Waals surface area contributed by atoms with Crippen LogP contribution in [0.2, 0.25) is 0 Å². The molecule has 0 aromatic heterocycles. The van der Waals surface area contributed by atoms with Crippen molar-refractivity contribution in [3.8, 4) is 0 Å². The Morgan fingerprint density at radius 1 is 1.45 bits per heavy atom. The molecule has 1 heterocycles. The van der Waals surface area contributed by atoms with Gasteiger partial charge < -0.3 is 4.74 Å². The first-order chi connectivity index (χ1) is 10.2. The molecule has 1 N–H and O–H groups in total. The highest BCUT2D eigenvalue weighted by atomic mass is 32.2. The molecular formula is C14H17NO5S2. The number of ether oxygens (including phenoxy) is 1. The lowest BCUT2D eigenvalue weighted by Crippen LogP contribution is -2.27. The van der Waals surface area contributed by atoms with Crippen LogP contribution in [0.25, 0.3) is 0 Å². The van der Waals surface area contributed by atoms with Crippen molar-refractivity contribution in [1.29, 1.82) is 0 Å². The zero-order chi connectivity index (χ0) is 16.5. The van der Waals surface area contributed by atoms with E-state index in [1.165, 1.54) is 17.8 Å². The minimum Gasteiger partial charge on any atom is -0.457 e. The molecule has 0 aliphatic carbocycles. The summed E-state index contributed by atoms with van der Waals surface area (Å²) in [5, 5.41) is -0.429. The highest BCUT2D eigenvalue weighted by molar-refractivity contribution is 8.02. The Kier molecular flexibility index (Phi) is 4.65. The highest BCUT2D eigenvalue weighted by Crippen LogP contribution is 2.27. The van der Waals surface area contributed by atoms with Gasteiger partial charge in [0, 0.05) is 16.9 Å². The van der Waals surface area contributed by atoms with Crippen LogP contribution in [0.5, 0.6) is 0 Å². The van der Waals surface area contributed by atoms with Crippen LogP contribution in [0.15, 0.2) is 23.2 Å². The van der Waals surface area contributed by atoms with Gasteiger partial charge in [0.2, 0.25) is 0 Å². The van der Waals surface area contributed by atoms with Crippen LogP contribution in [0.3, 0.4) is 0 Å². The number of hydrogen-bond acceptors (Lipinski definition) is 6. The van der Waals surface area contributed by atoms with E-state index in [1.807, 2.05) is 6.26 Å². The molecule has 0 radical (unpaired) electrons. The molecule has 0 saturated heterocycles. The van der Waals surface area contributed by atoms with Crippen LogP contribution in [-0.2, 0) is 21.5 Å². The summed E-state index contributed by atoms with van der Waals surface area (Å²) in [6.45, 7) is 3.53. The fourth-order valence-electron chi connectivity index (χ4n) is 2.27. The average molecular weight is 343 g/mol. The van der Waals surface area contributed by atoms with Crippen molar-refractivity contribution < 1.29 is 22.5 Å². The van der Waals surface area contributed by atoms with Gasteiger partial charge in [0.25, 0.3) is 0 Å². The van der Waals surface area contributed by atoms with E-state index < -0.39 is 26.7 Å². The van der Waals surface area contributed by atoms with Crippen molar-refractivity contribution in [2.24, 2.45) is 4.99 Å². The Morgan fingerprint density at radius 2 is 2.14 bits per heavy atom. The fraction of sp³-hybridized carbons (Fsp3) is 0.429. The molecule has 0 atom stereocenters. The van der Waals surface area contributed by atoms with Gasteiger partial charge in [0.15, 0.2) is 5.04 Å². The molecule has 0 amide bonds. The predicted octanol–water partition coefficient (Wildman–Crippen LogP) is 2.13. The van der Waals surface area contributed by atoms with Gasteiger partial charge in [-0.25, -0.2) is 4.79 Å². The lowest BCUT2D eigenvalue weighted by atomic mass is 10.0. The van der Waals surface area contributed by atoms with Crippen LogP contribution < -0.4 is 0 Å². The number of aliphatic imine (C=N–C) groups is 1. The average Bonchev–Trinajstić information content (AvgIpc) is 2.77. The van der Waals surface area contributed by atoms with E-state index in [9.17, 15) is 17.8 Å². The zero-order valence-corrected chi connectivity index (χ0v) is 14.1. The molecule has 0 unspecified atom stereocenters. The van der Waals surface area contributed by atoms with Crippen LogP contribution in [0.1, 0.15) is 35.3 Å². The molecule has 22 heavy (non-hydrogen) atoms. The maximum absolute atomic E-state index is 11.8. The van der Waals surface area contributed by atoms with Crippen molar-refractivity contribution in [1.82, 2.24) is 0 Å². The summed E-state index contributed by atoms with van der Waals surface area (Å²) in [4.78, 5) is 15.8. The minimum atomic E-state index is -4.53. The number of rotatable bonds is 4. The van der Waals surface area contributed by atoms with Crippen LogP contribution in [-0.4, -0.2) is 41.5 Å². The number of thioether (sulfide) groups is 1. The summed E-state index contributed by atoms with van der Waals surface area (Å²) in [7, 11) is -4.53. The van der Waals surface area contributed by atoms with Gasteiger partial charge in [-0.2, -0.15) is 20.2 Å². The van der Waals surface area contributed by atoms with E-state index in [0.717, 1.165) is 0 Å². The van der Waals surface area contributed by atoms with Gasteiger partial charge in [0.05, 0.1) is 11.1 Å². The first-order valence-electron chi connectivity index (χ1n) is 6.51. The van der Waals surface area contributed by atoms with Crippen molar-refractivity contribution in [3.63, 3.8) is 0 Å². The normalized spacial score (nSPS) is 15.6. The zero-order valence-electron chi connectivity index (χ0n) is 12.5. The lowest BCUT2D eigenvalue weighted by Gasteiger charge is -2.20. The molecule has 1 aromatic rings. The molecule has 1 aromatic carbocycles. The minimum absolute atomic E-state index is 0.0260. The van der Waals surface area contributed by atoms with Crippen molar-refractivity contribution >= 4 is 32.9 Å². The number of benzene rings is 1. The molecule has 120 valence electrons. The van der Waals surface area contributed by atoms with E-state index in [1.54, 1.807) is 26.0 Å². The molecule has 0 saturated carbocycles. The summed E-state index contributed by atoms with van der Waals surface area (Å²) in [6.07, 6.45) is 1.89. The van der Waals surface area contributed by atoms with E-state index in [0.29, 0.717) is 16.9 Å². The molecular weight excluding hydrogens is 326 g/mol. The van der Waals surface area contributed by atoms with Crippen LogP contribution in [0, 0.1) is 0 Å². The second-order valence-electron chi connectivity index (χ2n) is 5.55. The second-order valence-corrected chi connectivity index (χ2v) is 7.75. The van der Waals surface area contributed by atoms with E-state index in [2.05, 4.69) is 4.99 Å². The van der Waals surface area contributed by atoms with Crippen molar-refractivity contribution in [2.75, 3.05) is 12.0 Å². The third-order valence-electron chi connectivity index (χ3n) is 3.12. The largest absolute Gasteiger partial charge is 0.457 e. The third kappa shape index (κ3) is 3.50. The van der Waals surface area contributed by atoms with Gasteiger partial charge in [-0.3, -0.25) is 9.55 Å². The summed E-state index contributed by atoms with van der Waals surface area (Å²) < 4.78 is 38.1. The Labute approximate surface area is 133 Å². The quantitative estimate of drug-likeness (QED) is 0.390. The number of carbonyl (C=O) groups is 1. The van der Waals surface area contributed by atoms with E-state index >= 15 is 0 Å².